The third-order valence-corrected chi connectivity index (χ3v) is 1.54. The molecule has 0 spiro atoms. The molecule has 3 nitrogen and oxygen atoms in total. The van der Waals surface area contributed by atoms with Gasteiger partial charge in [-0.1, -0.05) is 6.58 Å². The minimum atomic E-state index is -0.0476. The van der Waals surface area contributed by atoms with Crippen LogP contribution in [0.25, 0.3) is 5.57 Å². The average Bonchev–Trinajstić information content (AvgIpc) is 2.17. The van der Waals surface area contributed by atoms with E-state index in [0.717, 1.165) is 5.56 Å². The van der Waals surface area contributed by atoms with Crippen LogP contribution in [-0.2, 0) is 0 Å². The van der Waals surface area contributed by atoms with Gasteiger partial charge in [-0.25, -0.2) is 4.98 Å². The van der Waals surface area contributed by atoms with Gasteiger partial charge in [0.15, 0.2) is 0 Å². The Labute approximate surface area is 71.3 Å². The van der Waals surface area contributed by atoms with Gasteiger partial charge in [0.05, 0.1) is 13.7 Å². The van der Waals surface area contributed by atoms with Crippen LogP contribution in [0, 0.1) is 0 Å². The largest absolute Gasteiger partial charge is 0.481 e. The first kappa shape index (κ1) is 8.74. The molecule has 0 saturated carbocycles. The Balaban J connectivity index is 2.84. The minimum Gasteiger partial charge on any atom is -0.481 e. The molecule has 1 aromatic rings. The van der Waals surface area contributed by atoms with Crippen molar-refractivity contribution in [1.82, 2.24) is 4.98 Å². The van der Waals surface area contributed by atoms with Crippen LogP contribution >= 0.6 is 0 Å². The van der Waals surface area contributed by atoms with E-state index < -0.39 is 0 Å². The summed E-state index contributed by atoms with van der Waals surface area (Å²) in [7, 11) is 1.56. The Hall–Kier alpha value is -1.35. The summed E-state index contributed by atoms with van der Waals surface area (Å²) in [5.74, 6) is 0.560. The van der Waals surface area contributed by atoms with Gasteiger partial charge in [-0.15, -0.1) is 0 Å². The molecule has 0 aliphatic carbocycles. The molecule has 0 amide bonds. The maximum Gasteiger partial charge on any atom is 0.212 e. The highest BCUT2D eigenvalue weighted by molar-refractivity contribution is 5.63. The first-order valence-corrected chi connectivity index (χ1v) is 3.57. The standard InChI is InChI=1S/C9H11NO2/c1-7(6-11)8-3-4-9(12-2)10-5-8/h3-5,11H,1,6H2,2H3. The molecule has 1 aromatic heterocycles. The molecule has 1 heterocycles. The van der Waals surface area contributed by atoms with Crippen molar-refractivity contribution in [2.75, 3.05) is 13.7 Å². The molecule has 1 N–H and O–H groups in total. The number of nitrogens with zero attached hydrogens (tertiary/aromatic N) is 1. The lowest BCUT2D eigenvalue weighted by atomic mass is 10.1. The molecule has 0 unspecified atom stereocenters. The van der Waals surface area contributed by atoms with Gasteiger partial charge in [-0.3, -0.25) is 0 Å². The third-order valence-electron chi connectivity index (χ3n) is 1.54. The second-order valence-electron chi connectivity index (χ2n) is 2.35. The van der Waals surface area contributed by atoms with Gasteiger partial charge in [0.1, 0.15) is 0 Å². The highest BCUT2D eigenvalue weighted by Crippen LogP contribution is 2.13. The summed E-state index contributed by atoms with van der Waals surface area (Å²) in [5, 5.41) is 8.76. The van der Waals surface area contributed by atoms with Gasteiger partial charge in [0.25, 0.3) is 0 Å². The molecule has 0 radical (unpaired) electrons. The van der Waals surface area contributed by atoms with Gasteiger partial charge in [0.2, 0.25) is 5.88 Å². The van der Waals surface area contributed by atoms with Gasteiger partial charge in [0, 0.05) is 12.3 Å². The first-order valence-electron chi connectivity index (χ1n) is 3.57. The van der Waals surface area contributed by atoms with Crippen molar-refractivity contribution >= 4 is 5.57 Å². The van der Waals surface area contributed by atoms with Crippen molar-refractivity contribution in [3.8, 4) is 5.88 Å². The van der Waals surface area contributed by atoms with Gasteiger partial charge >= 0.3 is 0 Å². The summed E-state index contributed by atoms with van der Waals surface area (Å²) in [5.41, 5.74) is 1.49. The van der Waals surface area contributed by atoms with E-state index in [1.807, 2.05) is 6.07 Å². The number of methoxy groups -OCH3 is 1. The molecule has 0 aliphatic rings. The van der Waals surface area contributed by atoms with Crippen LogP contribution in [0.3, 0.4) is 0 Å². The molecule has 0 fully saturated rings. The second kappa shape index (κ2) is 3.88. The van der Waals surface area contributed by atoms with E-state index in [-0.39, 0.29) is 6.61 Å². The van der Waals surface area contributed by atoms with Crippen LogP contribution in [0.15, 0.2) is 24.9 Å². The molecule has 0 atom stereocenters. The van der Waals surface area contributed by atoms with Crippen molar-refractivity contribution in [2.45, 2.75) is 0 Å². The maximum absolute atomic E-state index is 8.76. The molecule has 0 bridgehead atoms. The average molecular weight is 165 g/mol. The Morgan fingerprint density at radius 3 is 2.83 bits per heavy atom. The van der Waals surface area contributed by atoms with Gasteiger partial charge < -0.3 is 9.84 Å². The van der Waals surface area contributed by atoms with E-state index >= 15 is 0 Å². The Morgan fingerprint density at radius 1 is 1.67 bits per heavy atom. The van der Waals surface area contributed by atoms with Crippen molar-refractivity contribution in [3.05, 3.63) is 30.5 Å². The summed E-state index contributed by atoms with van der Waals surface area (Å²) in [6, 6.07) is 3.54. The predicted molar refractivity (Wildman–Crippen MR) is 46.9 cm³/mol. The number of aliphatic hydroxyl groups is 1. The fourth-order valence-corrected chi connectivity index (χ4v) is 0.801. The summed E-state index contributed by atoms with van der Waals surface area (Å²) in [6.45, 7) is 3.62. The molecule has 1 rings (SSSR count). The lowest BCUT2D eigenvalue weighted by Crippen LogP contribution is -1.91. The van der Waals surface area contributed by atoms with Crippen molar-refractivity contribution < 1.29 is 9.84 Å². The Kier molecular flexibility index (Phi) is 2.82. The van der Waals surface area contributed by atoms with Crippen molar-refractivity contribution in [1.29, 1.82) is 0 Å². The Morgan fingerprint density at radius 2 is 2.42 bits per heavy atom. The summed E-state index contributed by atoms with van der Waals surface area (Å²) < 4.78 is 4.88. The quantitative estimate of drug-likeness (QED) is 0.729. The molecule has 3 heteroatoms. The fourth-order valence-electron chi connectivity index (χ4n) is 0.801. The number of ether oxygens (including phenoxy) is 1. The number of pyridine rings is 1. The first-order chi connectivity index (χ1) is 5.77. The van der Waals surface area contributed by atoms with Gasteiger partial charge in [-0.05, 0) is 17.2 Å². The highest BCUT2D eigenvalue weighted by atomic mass is 16.5. The van der Waals surface area contributed by atoms with E-state index in [2.05, 4.69) is 11.6 Å². The van der Waals surface area contributed by atoms with E-state index in [9.17, 15) is 0 Å². The van der Waals surface area contributed by atoms with E-state index in [4.69, 9.17) is 9.84 Å². The van der Waals surface area contributed by atoms with E-state index in [0.29, 0.717) is 11.5 Å². The zero-order valence-electron chi connectivity index (χ0n) is 6.95. The van der Waals surface area contributed by atoms with Crippen molar-refractivity contribution in [3.63, 3.8) is 0 Å². The molecule has 12 heavy (non-hydrogen) atoms. The second-order valence-corrected chi connectivity index (χ2v) is 2.35. The monoisotopic (exact) mass is 165 g/mol. The summed E-state index contributed by atoms with van der Waals surface area (Å²) >= 11 is 0. The van der Waals surface area contributed by atoms with Crippen LogP contribution in [0.1, 0.15) is 5.56 Å². The topological polar surface area (TPSA) is 42.4 Å². The molecule has 64 valence electrons. The van der Waals surface area contributed by atoms with Crippen LogP contribution in [-0.4, -0.2) is 23.8 Å². The number of hydrogen-bond donors (Lipinski definition) is 1. The third kappa shape index (κ3) is 1.83. The van der Waals surface area contributed by atoms with Crippen LogP contribution in [0.4, 0.5) is 0 Å². The molecular weight excluding hydrogens is 154 g/mol. The number of hydrogen-bond acceptors (Lipinski definition) is 3. The minimum absolute atomic E-state index is 0.0476. The molecule has 0 aromatic carbocycles. The number of aromatic nitrogens is 1. The number of aliphatic hydroxyl groups excluding tert-OH is 1. The maximum atomic E-state index is 8.76. The summed E-state index contributed by atoms with van der Waals surface area (Å²) in [4.78, 5) is 3.97. The predicted octanol–water partition coefficient (Wildman–Crippen LogP) is 1.10. The smallest absolute Gasteiger partial charge is 0.212 e. The fraction of sp³-hybridized carbons (Fsp3) is 0.222. The Bertz CT molecular complexity index is 266. The molecular formula is C9H11NO2. The van der Waals surface area contributed by atoms with Crippen LogP contribution in [0.2, 0.25) is 0 Å². The molecule has 0 saturated heterocycles. The summed E-state index contributed by atoms with van der Waals surface area (Å²) in [6.07, 6.45) is 1.62. The van der Waals surface area contributed by atoms with E-state index in [1.54, 1.807) is 19.4 Å². The SMILES string of the molecule is C=C(CO)c1ccc(OC)nc1. The van der Waals surface area contributed by atoms with Crippen molar-refractivity contribution in [2.24, 2.45) is 0 Å². The van der Waals surface area contributed by atoms with Gasteiger partial charge in [-0.2, -0.15) is 0 Å². The van der Waals surface area contributed by atoms with Crippen LogP contribution in [0.5, 0.6) is 5.88 Å². The normalized spacial score (nSPS) is 9.50. The number of rotatable bonds is 3. The van der Waals surface area contributed by atoms with Crippen LogP contribution < -0.4 is 4.74 Å². The zero-order valence-corrected chi connectivity index (χ0v) is 6.95. The zero-order chi connectivity index (χ0) is 8.97. The lowest BCUT2D eigenvalue weighted by molar-refractivity contribution is 0.350. The van der Waals surface area contributed by atoms with E-state index in [1.165, 1.54) is 0 Å². The lowest BCUT2D eigenvalue weighted by Gasteiger charge is -2.02. The highest BCUT2D eigenvalue weighted by Gasteiger charge is 1.97. The molecule has 0 aliphatic heterocycles.